The third kappa shape index (κ3) is 3.74. The first-order valence-corrected chi connectivity index (χ1v) is 7.10. The van der Waals surface area contributed by atoms with Crippen LogP contribution < -0.4 is 0 Å². The average Bonchev–Trinajstić information content (AvgIpc) is 3.02. The average molecular weight is 313 g/mol. The number of hydrogen-bond donors (Lipinski definition) is 0. The van der Waals surface area contributed by atoms with Crippen LogP contribution in [0.3, 0.4) is 0 Å². The van der Waals surface area contributed by atoms with E-state index in [1.807, 2.05) is 42.5 Å². The molecule has 3 aromatic rings. The number of benzene rings is 2. The quantitative estimate of drug-likeness (QED) is 0.513. The first-order valence-electron chi connectivity index (χ1n) is 6.72. The molecule has 0 saturated heterocycles. The molecule has 2 aromatic carbocycles. The van der Waals surface area contributed by atoms with Gasteiger partial charge in [0.2, 0.25) is 5.89 Å². The van der Waals surface area contributed by atoms with Gasteiger partial charge in [-0.25, -0.2) is 4.98 Å². The first-order chi connectivity index (χ1) is 10.8. The second-order valence-corrected chi connectivity index (χ2v) is 4.98. The van der Waals surface area contributed by atoms with Crippen molar-refractivity contribution in [1.29, 1.82) is 0 Å². The predicted molar refractivity (Wildman–Crippen MR) is 85.8 cm³/mol. The van der Waals surface area contributed by atoms with E-state index in [0.717, 1.165) is 11.1 Å². The normalized spacial score (nSPS) is 11.0. The molecule has 1 aromatic heterocycles. The first kappa shape index (κ1) is 14.4. The van der Waals surface area contributed by atoms with Crippen LogP contribution in [0.4, 0.5) is 0 Å². The van der Waals surface area contributed by atoms with E-state index < -0.39 is 0 Å². The second kappa shape index (κ2) is 6.91. The Bertz CT molecular complexity index is 752. The fraction of sp³-hybridized carbons (Fsp3) is 0.0588. The van der Waals surface area contributed by atoms with E-state index in [2.05, 4.69) is 10.1 Å². The Morgan fingerprint density at radius 3 is 2.64 bits per heavy atom. The number of hydrogen-bond acceptors (Lipinski definition) is 4. The van der Waals surface area contributed by atoms with Crippen molar-refractivity contribution in [3.05, 3.63) is 77.3 Å². The Labute approximate surface area is 133 Å². The highest BCUT2D eigenvalue weighted by Gasteiger charge is 2.06. The summed E-state index contributed by atoms with van der Waals surface area (Å²) in [5.41, 5.74) is 1.88. The Morgan fingerprint density at radius 1 is 1.09 bits per heavy atom. The topological polar surface area (TPSA) is 47.6 Å². The molecule has 0 unspecified atom stereocenters. The number of aromatic nitrogens is 1. The van der Waals surface area contributed by atoms with Gasteiger partial charge in [0.15, 0.2) is 12.4 Å². The van der Waals surface area contributed by atoms with Crippen molar-refractivity contribution in [2.45, 2.75) is 6.61 Å². The maximum atomic E-state index is 5.86. The van der Waals surface area contributed by atoms with Crippen molar-refractivity contribution >= 4 is 17.8 Å². The molecule has 3 rings (SSSR count). The van der Waals surface area contributed by atoms with E-state index >= 15 is 0 Å². The minimum atomic E-state index is 0.178. The van der Waals surface area contributed by atoms with Crippen molar-refractivity contribution in [3.63, 3.8) is 0 Å². The Kier molecular flexibility index (Phi) is 4.51. The largest absolute Gasteiger partial charge is 0.437 e. The molecule has 4 nitrogen and oxygen atoms in total. The van der Waals surface area contributed by atoms with Crippen LogP contribution in [0.1, 0.15) is 11.5 Å². The third-order valence-electron chi connectivity index (χ3n) is 2.95. The monoisotopic (exact) mass is 312 g/mol. The Hall–Kier alpha value is -2.59. The lowest BCUT2D eigenvalue weighted by Crippen LogP contribution is -1.87. The van der Waals surface area contributed by atoms with Gasteiger partial charge in [-0.15, -0.1) is 0 Å². The number of nitrogens with zero attached hydrogens (tertiary/aromatic N) is 2. The van der Waals surface area contributed by atoms with Gasteiger partial charge >= 0.3 is 0 Å². The van der Waals surface area contributed by atoms with E-state index in [9.17, 15) is 0 Å². The molecule has 0 aliphatic carbocycles. The van der Waals surface area contributed by atoms with Gasteiger partial charge < -0.3 is 9.25 Å². The lowest BCUT2D eigenvalue weighted by molar-refractivity contribution is 0.113. The lowest BCUT2D eigenvalue weighted by atomic mass is 10.2. The van der Waals surface area contributed by atoms with E-state index in [4.69, 9.17) is 20.9 Å². The highest BCUT2D eigenvalue weighted by atomic mass is 35.5. The van der Waals surface area contributed by atoms with Crippen molar-refractivity contribution in [1.82, 2.24) is 4.98 Å². The van der Waals surface area contributed by atoms with Crippen LogP contribution in [0.15, 0.2) is 70.4 Å². The summed E-state index contributed by atoms with van der Waals surface area (Å²) in [5, 5.41) is 4.57. The van der Waals surface area contributed by atoms with E-state index in [1.165, 1.54) is 0 Å². The van der Waals surface area contributed by atoms with E-state index in [-0.39, 0.29) is 6.61 Å². The zero-order valence-electron chi connectivity index (χ0n) is 11.6. The molecular weight excluding hydrogens is 300 g/mol. The molecule has 0 amide bonds. The molecule has 110 valence electrons. The van der Waals surface area contributed by atoms with Gasteiger partial charge in [-0.1, -0.05) is 47.1 Å². The highest BCUT2D eigenvalue weighted by Crippen LogP contribution is 2.22. The summed E-state index contributed by atoms with van der Waals surface area (Å²) < 4.78 is 5.61. The summed E-state index contributed by atoms with van der Waals surface area (Å²) in [7, 11) is 0. The molecule has 0 spiro atoms. The molecule has 0 saturated carbocycles. The zero-order chi connectivity index (χ0) is 15.2. The molecule has 0 atom stereocenters. The van der Waals surface area contributed by atoms with Crippen LogP contribution in [-0.2, 0) is 11.4 Å². The van der Waals surface area contributed by atoms with Crippen molar-refractivity contribution in [2.75, 3.05) is 0 Å². The van der Waals surface area contributed by atoms with E-state index in [0.29, 0.717) is 16.7 Å². The summed E-state index contributed by atoms with van der Waals surface area (Å²) >= 11 is 5.86. The van der Waals surface area contributed by atoms with E-state index in [1.54, 1.807) is 24.5 Å². The summed E-state index contributed by atoms with van der Waals surface area (Å²) in [6.45, 7) is 0.178. The van der Waals surface area contributed by atoms with Gasteiger partial charge in [0.25, 0.3) is 0 Å². The Balaban J connectivity index is 1.58. The molecule has 0 fully saturated rings. The minimum absolute atomic E-state index is 0.178. The lowest BCUT2D eigenvalue weighted by Gasteiger charge is -1.97. The van der Waals surface area contributed by atoms with Crippen molar-refractivity contribution in [2.24, 2.45) is 5.16 Å². The summed E-state index contributed by atoms with van der Waals surface area (Å²) in [6, 6.07) is 17.1. The van der Waals surface area contributed by atoms with Crippen LogP contribution in [0.2, 0.25) is 5.02 Å². The highest BCUT2D eigenvalue weighted by molar-refractivity contribution is 6.30. The smallest absolute Gasteiger partial charge is 0.235 e. The SMILES string of the molecule is Clc1ccc(-c2cnc(CO/N=C\c3ccccc3)o2)cc1. The molecule has 0 aliphatic rings. The standard InChI is InChI=1S/C17H13ClN2O2/c18-15-8-6-14(7-9-15)16-11-19-17(22-16)12-21-20-10-13-4-2-1-3-5-13/h1-11H,12H2/b20-10-. The van der Waals surface area contributed by atoms with Gasteiger partial charge in [0, 0.05) is 10.6 Å². The van der Waals surface area contributed by atoms with Crippen LogP contribution in [0.5, 0.6) is 0 Å². The Morgan fingerprint density at radius 2 is 1.86 bits per heavy atom. The molecule has 1 heterocycles. The minimum Gasteiger partial charge on any atom is -0.437 e. The van der Waals surface area contributed by atoms with Gasteiger partial charge in [0.1, 0.15) is 0 Å². The molecule has 22 heavy (non-hydrogen) atoms. The van der Waals surface area contributed by atoms with Gasteiger partial charge in [-0.05, 0) is 29.8 Å². The molecule has 0 N–H and O–H groups in total. The number of halogens is 1. The number of rotatable bonds is 5. The molecule has 5 heteroatoms. The number of oxime groups is 1. The van der Waals surface area contributed by atoms with Crippen molar-refractivity contribution in [3.8, 4) is 11.3 Å². The van der Waals surface area contributed by atoms with Gasteiger partial charge in [-0.2, -0.15) is 0 Å². The fourth-order valence-corrected chi connectivity index (χ4v) is 1.98. The summed E-state index contributed by atoms with van der Waals surface area (Å²) in [5.74, 6) is 1.14. The fourth-order valence-electron chi connectivity index (χ4n) is 1.85. The van der Waals surface area contributed by atoms with Crippen LogP contribution in [0, 0.1) is 0 Å². The van der Waals surface area contributed by atoms with Gasteiger partial charge in [-0.3, -0.25) is 0 Å². The predicted octanol–water partition coefficient (Wildman–Crippen LogP) is 4.55. The van der Waals surface area contributed by atoms with Gasteiger partial charge in [0.05, 0.1) is 12.4 Å². The maximum absolute atomic E-state index is 5.86. The number of oxazole rings is 1. The second-order valence-electron chi connectivity index (χ2n) is 4.54. The van der Waals surface area contributed by atoms with Crippen LogP contribution in [0.25, 0.3) is 11.3 Å². The molecule has 0 bridgehead atoms. The molecular formula is C17H13ClN2O2. The van der Waals surface area contributed by atoms with Crippen molar-refractivity contribution < 1.29 is 9.25 Å². The zero-order valence-corrected chi connectivity index (χ0v) is 12.4. The summed E-state index contributed by atoms with van der Waals surface area (Å²) in [4.78, 5) is 9.35. The molecule has 0 aliphatic heterocycles. The third-order valence-corrected chi connectivity index (χ3v) is 3.20. The van der Waals surface area contributed by atoms with Crippen LogP contribution >= 0.6 is 11.6 Å². The van der Waals surface area contributed by atoms with Crippen LogP contribution in [-0.4, -0.2) is 11.2 Å². The molecule has 0 radical (unpaired) electrons. The maximum Gasteiger partial charge on any atom is 0.235 e. The summed E-state index contributed by atoms with van der Waals surface area (Å²) in [6.07, 6.45) is 3.30.